The number of hydrogen-bond acceptors (Lipinski definition) is 5. The summed E-state index contributed by atoms with van der Waals surface area (Å²) in [6.45, 7) is 2.06. The number of thiophene rings is 1. The normalized spacial score (nSPS) is 11.7. The zero-order chi connectivity index (χ0) is 16.4. The summed E-state index contributed by atoms with van der Waals surface area (Å²) in [7, 11) is -3.61. The van der Waals surface area contributed by atoms with E-state index in [9.17, 15) is 13.2 Å². The van der Waals surface area contributed by atoms with Gasteiger partial charge in [0, 0.05) is 22.0 Å². The van der Waals surface area contributed by atoms with Gasteiger partial charge < -0.3 is 4.42 Å². The van der Waals surface area contributed by atoms with Gasteiger partial charge in [0.1, 0.15) is 9.79 Å². The molecule has 2 aromatic heterocycles. The monoisotopic (exact) mass is 349 g/mol. The largest absolute Gasteiger partial charge is 0.423 e. The molecule has 0 atom stereocenters. The van der Waals surface area contributed by atoms with Gasteiger partial charge in [0.25, 0.3) is 10.0 Å². The molecule has 1 aromatic carbocycles. The molecule has 0 unspecified atom stereocenters. The Balaban J connectivity index is 1.90. The highest BCUT2D eigenvalue weighted by Crippen LogP contribution is 2.26. The maximum atomic E-state index is 12.4. The minimum Gasteiger partial charge on any atom is -0.423 e. The second-order valence-electron chi connectivity index (χ2n) is 5.08. The fraction of sp³-hybridized carbons (Fsp3) is 0.188. The third-order valence-corrected chi connectivity index (χ3v) is 6.29. The first-order chi connectivity index (χ1) is 11.0. The Morgan fingerprint density at radius 3 is 2.74 bits per heavy atom. The molecule has 0 bridgehead atoms. The van der Waals surface area contributed by atoms with Gasteiger partial charge in [-0.3, -0.25) is 4.72 Å². The fourth-order valence-electron chi connectivity index (χ4n) is 2.22. The van der Waals surface area contributed by atoms with Crippen molar-refractivity contribution in [1.82, 2.24) is 0 Å². The molecule has 7 heteroatoms. The Hall–Kier alpha value is -2.12. The molecule has 5 nitrogen and oxygen atoms in total. The number of benzene rings is 1. The van der Waals surface area contributed by atoms with E-state index in [0.717, 1.165) is 17.7 Å². The van der Waals surface area contributed by atoms with Gasteiger partial charge in [-0.05, 0) is 42.8 Å². The summed E-state index contributed by atoms with van der Waals surface area (Å²) in [6.07, 6.45) is 1.85. The van der Waals surface area contributed by atoms with Gasteiger partial charge >= 0.3 is 5.63 Å². The van der Waals surface area contributed by atoms with Crippen LogP contribution in [0, 0.1) is 0 Å². The molecule has 0 amide bonds. The molecule has 120 valence electrons. The SMILES string of the molecule is CCCc1ccc(S(=O)(=O)Nc2ccc3oc(=O)ccc3c2)s1. The molecule has 0 saturated carbocycles. The molecular formula is C16H15NO4S2. The van der Waals surface area contributed by atoms with Gasteiger partial charge in [-0.25, -0.2) is 13.2 Å². The van der Waals surface area contributed by atoms with Crippen molar-refractivity contribution in [2.24, 2.45) is 0 Å². The van der Waals surface area contributed by atoms with E-state index in [1.54, 1.807) is 30.3 Å². The number of hydrogen-bond donors (Lipinski definition) is 1. The summed E-state index contributed by atoms with van der Waals surface area (Å²) in [5.41, 5.74) is 0.409. The Labute approximate surface area is 137 Å². The fourth-order valence-corrected chi connectivity index (χ4v) is 4.73. The highest BCUT2D eigenvalue weighted by molar-refractivity contribution is 7.94. The first-order valence-corrected chi connectivity index (χ1v) is 9.43. The van der Waals surface area contributed by atoms with Crippen molar-refractivity contribution in [3.8, 4) is 0 Å². The molecule has 0 fully saturated rings. The summed E-state index contributed by atoms with van der Waals surface area (Å²) in [4.78, 5) is 12.2. The van der Waals surface area contributed by atoms with Crippen LogP contribution in [-0.4, -0.2) is 8.42 Å². The Bertz CT molecular complexity index is 1000. The van der Waals surface area contributed by atoms with Crippen LogP contribution in [-0.2, 0) is 16.4 Å². The molecule has 0 aliphatic heterocycles. The van der Waals surface area contributed by atoms with E-state index in [1.807, 2.05) is 6.07 Å². The lowest BCUT2D eigenvalue weighted by molar-refractivity contribution is 0.561. The lowest BCUT2D eigenvalue weighted by Crippen LogP contribution is -2.11. The van der Waals surface area contributed by atoms with Crippen molar-refractivity contribution in [3.63, 3.8) is 0 Å². The van der Waals surface area contributed by atoms with Crippen LogP contribution in [0.3, 0.4) is 0 Å². The number of sulfonamides is 1. The van der Waals surface area contributed by atoms with Crippen LogP contribution in [0.25, 0.3) is 11.0 Å². The average Bonchev–Trinajstić information content (AvgIpc) is 2.97. The molecule has 2 heterocycles. The minimum atomic E-state index is -3.61. The van der Waals surface area contributed by atoms with Crippen LogP contribution in [0.1, 0.15) is 18.2 Å². The first kappa shape index (κ1) is 15.8. The van der Waals surface area contributed by atoms with Crippen LogP contribution in [0.15, 0.2) is 55.9 Å². The van der Waals surface area contributed by atoms with E-state index in [4.69, 9.17) is 4.42 Å². The average molecular weight is 349 g/mol. The van der Waals surface area contributed by atoms with Crippen molar-refractivity contribution < 1.29 is 12.8 Å². The van der Waals surface area contributed by atoms with Crippen LogP contribution in [0.4, 0.5) is 5.69 Å². The second kappa shape index (κ2) is 6.17. The van der Waals surface area contributed by atoms with Crippen LogP contribution in [0.2, 0.25) is 0 Å². The Morgan fingerprint density at radius 1 is 1.13 bits per heavy atom. The summed E-state index contributed by atoms with van der Waals surface area (Å²) < 4.78 is 32.8. The topological polar surface area (TPSA) is 76.4 Å². The number of anilines is 1. The van der Waals surface area contributed by atoms with Crippen molar-refractivity contribution in [1.29, 1.82) is 0 Å². The lowest BCUT2D eigenvalue weighted by Gasteiger charge is -2.07. The predicted octanol–water partition coefficient (Wildman–Crippen LogP) is 3.61. The summed E-state index contributed by atoms with van der Waals surface area (Å²) in [6, 6.07) is 11.2. The minimum absolute atomic E-state index is 0.292. The smallest absolute Gasteiger partial charge is 0.336 e. The van der Waals surface area contributed by atoms with Gasteiger partial charge in [0.05, 0.1) is 0 Å². The third-order valence-electron chi connectivity index (χ3n) is 3.27. The van der Waals surface area contributed by atoms with Crippen molar-refractivity contribution in [2.45, 2.75) is 24.0 Å². The summed E-state index contributed by atoms with van der Waals surface area (Å²) in [5, 5.41) is 0.655. The summed E-state index contributed by atoms with van der Waals surface area (Å²) >= 11 is 1.28. The quantitative estimate of drug-likeness (QED) is 0.714. The highest BCUT2D eigenvalue weighted by Gasteiger charge is 2.17. The number of fused-ring (bicyclic) bond motifs is 1. The molecule has 3 rings (SSSR count). The predicted molar refractivity (Wildman–Crippen MR) is 91.6 cm³/mol. The Morgan fingerprint density at radius 2 is 1.96 bits per heavy atom. The number of rotatable bonds is 5. The van der Waals surface area contributed by atoms with E-state index in [2.05, 4.69) is 11.6 Å². The number of nitrogens with one attached hydrogen (secondary N) is 1. The van der Waals surface area contributed by atoms with E-state index >= 15 is 0 Å². The molecule has 0 aliphatic carbocycles. The molecule has 0 spiro atoms. The van der Waals surface area contributed by atoms with Crippen molar-refractivity contribution >= 4 is 38.0 Å². The molecule has 23 heavy (non-hydrogen) atoms. The Kier molecular flexibility index (Phi) is 4.23. The third kappa shape index (κ3) is 3.46. The van der Waals surface area contributed by atoms with Crippen LogP contribution >= 0.6 is 11.3 Å². The standard InChI is InChI=1S/C16H15NO4S2/c1-2-3-13-6-9-16(22-13)23(19,20)17-12-5-7-14-11(10-12)4-8-15(18)21-14/h4-10,17H,2-3H2,1H3. The molecule has 0 radical (unpaired) electrons. The zero-order valence-electron chi connectivity index (χ0n) is 12.4. The second-order valence-corrected chi connectivity index (χ2v) is 8.16. The van der Waals surface area contributed by atoms with Gasteiger partial charge in [-0.15, -0.1) is 11.3 Å². The van der Waals surface area contributed by atoms with Crippen molar-refractivity contribution in [3.05, 3.63) is 57.8 Å². The van der Waals surface area contributed by atoms with E-state index < -0.39 is 15.6 Å². The molecule has 3 aromatic rings. The number of aryl methyl sites for hydroxylation is 1. The first-order valence-electron chi connectivity index (χ1n) is 7.13. The molecule has 0 aliphatic rings. The summed E-state index contributed by atoms with van der Waals surface area (Å²) in [5.74, 6) is 0. The molecule has 1 N–H and O–H groups in total. The van der Waals surface area contributed by atoms with E-state index in [-0.39, 0.29) is 0 Å². The van der Waals surface area contributed by atoms with Crippen LogP contribution in [0.5, 0.6) is 0 Å². The van der Waals surface area contributed by atoms with Crippen LogP contribution < -0.4 is 10.3 Å². The van der Waals surface area contributed by atoms with E-state index in [0.29, 0.717) is 20.9 Å². The van der Waals surface area contributed by atoms with Gasteiger partial charge in [-0.1, -0.05) is 13.3 Å². The lowest BCUT2D eigenvalue weighted by atomic mass is 10.2. The molecular weight excluding hydrogens is 334 g/mol. The van der Waals surface area contributed by atoms with Crippen molar-refractivity contribution in [2.75, 3.05) is 4.72 Å². The van der Waals surface area contributed by atoms with Gasteiger partial charge in [0.15, 0.2) is 0 Å². The maximum Gasteiger partial charge on any atom is 0.336 e. The van der Waals surface area contributed by atoms with Gasteiger partial charge in [-0.2, -0.15) is 0 Å². The zero-order valence-corrected chi connectivity index (χ0v) is 14.0. The van der Waals surface area contributed by atoms with E-state index in [1.165, 1.54) is 17.4 Å². The van der Waals surface area contributed by atoms with Gasteiger partial charge in [0.2, 0.25) is 0 Å². The molecule has 0 saturated heterocycles. The maximum absolute atomic E-state index is 12.4. The highest BCUT2D eigenvalue weighted by atomic mass is 32.2.